The number of carbonyl (C=O) groups is 1. The SMILES string of the molecule is C=CC(=O)N1/C(=C/CN(C)C)Cc2cc(OC)c(Nc3nccc(-c4cnn5ccccc45)n3)cc21.Cl. The van der Waals surface area contributed by atoms with Crippen LogP contribution in [0.3, 0.4) is 0 Å². The lowest BCUT2D eigenvalue weighted by Gasteiger charge is -2.20. The van der Waals surface area contributed by atoms with Crippen LogP contribution in [0.1, 0.15) is 5.56 Å². The summed E-state index contributed by atoms with van der Waals surface area (Å²) in [6.07, 6.45) is 9.40. The number of ether oxygens (including phenoxy) is 1. The second-order valence-electron chi connectivity index (χ2n) is 8.67. The maximum absolute atomic E-state index is 12.8. The minimum Gasteiger partial charge on any atom is -0.495 e. The molecule has 0 spiro atoms. The second-order valence-corrected chi connectivity index (χ2v) is 8.67. The maximum Gasteiger partial charge on any atom is 0.254 e. The molecule has 4 heterocycles. The average Bonchev–Trinajstić information content (AvgIpc) is 3.48. The Morgan fingerprint density at radius 3 is 2.86 bits per heavy atom. The zero-order chi connectivity index (χ0) is 25.2. The summed E-state index contributed by atoms with van der Waals surface area (Å²) in [5.74, 6) is 0.865. The van der Waals surface area contributed by atoms with Crippen LogP contribution in [0.4, 0.5) is 17.3 Å². The molecule has 4 aromatic rings. The van der Waals surface area contributed by atoms with Gasteiger partial charge >= 0.3 is 0 Å². The van der Waals surface area contributed by atoms with Crippen molar-refractivity contribution in [1.29, 1.82) is 0 Å². The van der Waals surface area contributed by atoms with Crippen LogP contribution in [-0.4, -0.2) is 58.1 Å². The number of carbonyl (C=O) groups excluding carboxylic acids is 1. The number of likely N-dealkylation sites (N-methyl/N-ethyl adjacent to an activating group) is 1. The number of allylic oxidation sites excluding steroid dienone is 1. The third-order valence-corrected chi connectivity index (χ3v) is 5.99. The average molecular weight is 518 g/mol. The van der Waals surface area contributed by atoms with Crippen LogP contribution in [0.5, 0.6) is 5.75 Å². The van der Waals surface area contributed by atoms with Crippen molar-refractivity contribution in [3.8, 4) is 17.0 Å². The number of nitrogens with zero attached hydrogens (tertiary/aromatic N) is 6. The van der Waals surface area contributed by atoms with E-state index < -0.39 is 0 Å². The zero-order valence-corrected chi connectivity index (χ0v) is 21.7. The van der Waals surface area contributed by atoms with Crippen LogP contribution in [0.2, 0.25) is 0 Å². The topological polar surface area (TPSA) is 87.9 Å². The van der Waals surface area contributed by atoms with Crippen molar-refractivity contribution in [2.24, 2.45) is 0 Å². The van der Waals surface area contributed by atoms with Crippen molar-refractivity contribution in [2.45, 2.75) is 6.42 Å². The van der Waals surface area contributed by atoms with Gasteiger partial charge in [0.1, 0.15) is 5.75 Å². The molecule has 1 aliphatic rings. The molecule has 1 amide bonds. The maximum atomic E-state index is 12.8. The number of hydrogen-bond donors (Lipinski definition) is 1. The van der Waals surface area contributed by atoms with Crippen LogP contribution < -0.4 is 15.0 Å². The summed E-state index contributed by atoms with van der Waals surface area (Å²) in [5.41, 5.74) is 5.95. The number of pyridine rings is 1. The van der Waals surface area contributed by atoms with Gasteiger partial charge in [-0.05, 0) is 56.1 Å². The number of rotatable bonds is 7. The Kier molecular flexibility index (Phi) is 7.56. The van der Waals surface area contributed by atoms with E-state index in [0.29, 0.717) is 23.8 Å². The van der Waals surface area contributed by atoms with E-state index >= 15 is 0 Å². The Labute approximate surface area is 221 Å². The summed E-state index contributed by atoms with van der Waals surface area (Å²) in [7, 11) is 5.60. The molecule has 0 fully saturated rings. The van der Waals surface area contributed by atoms with Crippen molar-refractivity contribution in [3.63, 3.8) is 0 Å². The van der Waals surface area contributed by atoms with Gasteiger partial charge in [-0.2, -0.15) is 5.10 Å². The fourth-order valence-corrected chi connectivity index (χ4v) is 4.28. The van der Waals surface area contributed by atoms with Gasteiger partial charge in [0.25, 0.3) is 5.91 Å². The van der Waals surface area contributed by atoms with Crippen molar-refractivity contribution in [2.75, 3.05) is 38.0 Å². The fourth-order valence-electron chi connectivity index (χ4n) is 4.28. The van der Waals surface area contributed by atoms with E-state index in [1.807, 2.05) is 56.7 Å². The molecule has 0 bridgehead atoms. The molecule has 1 aliphatic heterocycles. The molecular formula is C27H28ClN7O2. The van der Waals surface area contributed by atoms with Crippen molar-refractivity contribution in [3.05, 3.63) is 85.0 Å². The molecule has 0 saturated heterocycles. The number of hydrogen-bond acceptors (Lipinski definition) is 7. The van der Waals surface area contributed by atoms with Gasteiger partial charge in [-0.25, -0.2) is 14.5 Å². The normalized spacial score (nSPS) is 13.5. The summed E-state index contributed by atoms with van der Waals surface area (Å²) in [6, 6.07) is 11.6. The van der Waals surface area contributed by atoms with E-state index in [1.165, 1.54) is 6.08 Å². The Morgan fingerprint density at radius 2 is 2.11 bits per heavy atom. The van der Waals surface area contributed by atoms with Crippen LogP contribution in [-0.2, 0) is 11.2 Å². The Bertz CT molecular complexity index is 1500. The number of fused-ring (bicyclic) bond motifs is 2. The predicted octanol–water partition coefficient (Wildman–Crippen LogP) is 4.49. The molecule has 0 atom stereocenters. The predicted molar refractivity (Wildman–Crippen MR) is 148 cm³/mol. The lowest BCUT2D eigenvalue weighted by molar-refractivity contribution is -0.113. The first kappa shape index (κ1) is 25.9. The van der Waals surface area contributed by atoms with Crippen molar-refractivity contribution in [1.82, 2.24) is 24.5 Å². The Morgan fingerprint density at radius 1 is 1.27 bits per heavy atom. The fraction of sp³-hybridized carbons (Fsp3) is 0.185. The van der Waals surface area contributed by atoms with E-state index in [0.717, 1.165) is 40.3 Å². The quantitative estimate of drug-likeness (QED) is 0.361. The standard InChI is InChI=1S/C27H27N7O2.ClH/c1-5-26(35)34-19(10-13-32(2)3)14-18-15-25(36-4)22(16-24(18)34)31-27-28-11-9-21(30-27)20-17-29-33-12-7-6-8-23(20)33;/h5-12,15-17H,1,13-14H2,2-4H3,(H,28,30,31);1H/b19-10+;. The van der Waals surface area contributed by atoms with Gasteiger partial charge in [0.2, 0.25) is 5.95 Å². The molecule has 37 heavy (non-hydrogen) atoms. The van der Waals surface area contributed by atoms with E-state index in [9.17, 15) is 4.79 Å². The minimum atomic E-state index is -0.179. The highest BCUT2D eigenvalue weighted by Gasteiger charge is 2.29. The lowest BCUT2D eigenvalue weighted by Crippen LogP contribution is -2.26. The lowest BCUT2D eigenvalue weighted by atomic mass is 10.1. The van der Waals surface area contributed by atoms with Crippen LogP contribution in [0.25, 0.3) is 16.8 Å². The molecule has 1 aromatic carbocycles. The van der Waals surface area contributed by atoms with Crippen molar-refractivity contribution >= 4 is 41.2 Å². The molecule has 0 radical (unpaired) electrons. The Hall–Kier alpha value is -4.21. The van der Waals surface area contributed by atoms with E-state index in [4.69, 9.17) is 9.72 Å². The summed E-state index contributed by atoms with van der Waals surface area (Å²) in [4.78, 5) is 25.7. The summed E-state index contributed by atoms with van der Waals surface area (Å²) >= 11 is 0. The molecule has 5 rings (SSSR count). The molecule has 190 valence electrons. The number of anilines is 3. The van der Waals surface area contributed by atoms with Crippen LogP contribution in [0.15, 0.2) is 79.4 Å². The monoisotopic (exact) mass is 517 g/mol. The number of benzene rings is 1. The number of amides is 1. The summed E-state index contributed by atoms with van der Waals surface area (Å²) < 4.78 is 7.48. The smallest absolute Gasteiger partial charge is 0.254 e. The first-order valence-corrected chi connectivity index (χ1v) is 11.5. The van der Waals surface area contributed by atoms with Gasteiger partial charge in [-0.1, -0.05) is 18.7 Å². The largest absolute Gasteiger partial charge is 0.495 e. The first-order valence-electron chi connectivity index (χ1n) is 11.5. The van der Waals surface area contributed by atoms with Gasteiger partial charge in [-0.15, -0.1) is 12.4 Å². The minimum absolute atomic E-state index is 0. The summed E-state index contributed by atoms with van der Waals surface area (Å²) in [5, 5.41) is 7.68. The van der Waals surface area contributed by atoms with Gasteiger partial charge in [-0.3, -0.25) is 9.69 Å². The number of methoxy groups -OCH3 is 1. The van der Waals surface area contributed by atoms with E-state index in [2.05, 4.69) is 33.0 Å². The van der Waals surface area contributed by atoms with E-state index in [1.54, 1.807) is 28.9 Å². The van der Waals surface area contributed by atoms with Crippen molar-refractivity contribution < 1.29 is 9.53 Å². The highest BCUT2D eigenvalue weighted by Crippen LogP contribution is 2.42. The molecular weight excluding hydrogens is 490 g/mol. The third kappa shape index (κ3) is 5.04. The molecule has 9 nitrogen and oxygen atoms in total. The first-order chi connectivity index (χ1) is 17.5. The molecule has 0 saturated carbocycles. The van der Waals surface area contributed by atoms with Gasteiger partial charge in [0.05, 0.1) is 35.9 Å². The van der Waals surface area contributed by atoms with Crippen LogP contribution in [0, 0.1) is 0 Å². The highest BCUT2D eigenvalue weighted by atomic mass is 35.5. The van der Waals surface area contributed by atoms with Gasteiger partial charge < -0.3 is 15.0 Å². The molecule has 1 N–H and O–H groups in total. The second kappa shape index (κ2) is 10.8. The number of halogens is 1. The molecule has 0 aliphatic carbocycles. The van der Waals surface area contributed by atoms with Gasteiger partial charge in [0.15, 0.2) is 0 Å². The zero-order valence-electron chi connectivity index (χ0n) is 20.9. The third-order valence-electron chi connectivity index (χ3n) is 5.99. The summed E-state index contributed by atoms with van der Waals surface area (Å²) in [6.45, 7) is 4.41. The van der Waals surface area contributed by atoms with E-state index in [-0.39, 0.29) is 18.3 Å². The molecule has 10 heteroatoms. The Balaban J connectivity index is 0.00000320. The van der Waals surface area contributed by atoms with Gasteiger partial charge in [0, 0.05) is 36.6 Å². The number of aromatic nitrogens is 4. The molecule has 3 aromatic heterocycles. The molecule has 0 unspecified atom stereocenters. The highest BCUT2D eigenvalue weighted by molar-refractivity contribution is 6.06. The van der Waals surface area contributed by atoms with Crippen LogP contribution >= 0.6 is 12.4 Å². The number of nitrogens with one attached hydrogen (secondary N) is 1.